The normalized spacial score (nSPS) is 12.4. The van der Waals surface area contributed by atoms with Crippen LogP contribution in [0.5, 0.6) is 0 Å². The number of halogens is 2. The Kier molecular flexibility index (Phi) is 4.66. The molecule has 5 rings (SSSR count). The van der Waals surface area contributed by atoms with Gasteiger partial charge in [-0.2, -0.15) is 0 Å². The number of pyridine rings is 1. The maximum absolute atomic E-state index is 14.2. The van der Waals surface area contributed by atoms with Gasteiger partial charge in [0.25, 0.3) is 5.56 Å². The summed E-state index contributed by atoms with van der Waals surface area (Å²) in [5.41, 5.74) is 1.85. The third-order valence-electron chi connectivity index (χ3n) is 5.50. The molecule has 0 amide bonds. The number of H-pyrrole nitrogens is 1. The maximum Gasteiger partial charge on any atom is 0.263 e. The summed E-state index contributed by atoms with van der Waals surface area (Å²) in [6.07, 6.45) is 2.91. The first kappa shape index (κ1) is 19.8. The minimum atomic E-state index is -0.480. The van der Waals surface area contributed by atoms with Crippen LogP contribution in [0.25, 0.3) is 27.6 Å². The molecule has 0 saturated carbocycles. The largest absolute Gasteiger partial charge is 0.360 e. The van der Waals surface area contributed by atoms with E-state index < -0.39 is 23.2 Å². The first-order chi connectivity index (χ1) is 15.4. The van der Waals surface area contributed by atoms with Crippen molar-refractivity contribution in [2.24, 2.45) is 0 Å². The van der Waals surface area contributed by atoms with Crippen LogP contribution in [0.4, 0.5) is 14.6 Å². The fourth-order valence-corrected chi connectivity index (χ4v) is 3.92. The van der Waals surface area contributed by atoms with E-state index in [1.165, 1.54) is 41.5 Å². The highest BCUT2D eigenvalue weighted by molar-refractivity contribution is 5.86. The van der Waals surface area contributed by atoms with Crippen LogP contribution in [0.1, 0.15) is 24.2 Å². The van der Waals surface area contributed by atoms with Crippen LogP contribution in [0.3, 0.4) is 0 Å². The molecule has 0 aliphatic rings. The molecular weight excluding hydrogens is 414 g/mol. The second kappa shape index (κ2) is 7.52. The molecule has 2 N–H and O–H groups in total. The Balaban J connectivity index is 1.74. The molecule has 0 spiro atoms. The number of hydrogen-bond acceptors (Lipinski definition) is 5. The van der Waals surface area contributed by atoms with Crippen LogP contribution >= 0.6 is 0 Å². The molecule has 32 heavy (non-hydrogen) atoms. The van der Waals surface area contributed by atoms with Crippen molar-refractivity contribution in [3.05, 3.63) is 88.4 Å². The number of benzene rings is 2. The van der Waals surface area contributed by atoms with Crippen LogP contribution in [0, 0.1) is 18.6 Å². The zero-order valence-corrected chi connectivity index (χ0v) is 17.2. The molecule has 0 saturated heterocycles. The molecule has 0 aliphatic carbocycles. The Hall–Kier alpha value is -4.14. The van der Waals surface area contributed by atoms with E-state index in [0.29, 0.717) is 33.7 Å². The summed E-state index contributed by atoms with van der Waals surface area (Å²) < 4.78 is 29.7. The van der Waals surface area contributed by atoms with E-state index >= 15 is 0 Å². The Labute approximate surface area is 180 Å². The van der Waals surface area contributed by atoms with Gasteiger partial charge in [0.2, 0.25) is 0 Å². The Morgan fingerprint density at radius 2 is 1.94 bits per heavy atom. The van der Waals surface area contributed by atoms with E-state index in [9.17, 15) is 13.6 Å². The van der Waals surface area contributed by atoms with Crippen molar-refractivity contribution >= 4 is 27.8 Å². The van der Waals surface area contributed by atoms with Gasteiger partial charge in [0.1, 0.15) is 23.5 Å². The number of rotatable bonds is 4. The Morgan fingerprint density at radius 3 is 2.75 bits per heavy atom. The number of nitrogens with zero attached hydrogens (tertiary/aromatic N) is 4. The lowest BCUT2D eigenvalue weighted by atomic mass is 10.0. The SMILES string of the molecule is Cc1c(F)ccc2cc([C@H](C)Nc3ncnc4nc[nH]c34)n(-c3cccc(F)c3)c(=O)c12. The summed E-state index contributed by atoms with van der Waals surface area (Å²) in [4.78, 5) is 29.1. The van der Waals surface area contributed by atoms with Crippen molar-refractivity contribution in [1.82, 2.24) is 24.5 Å². The lowest BCUT2D eigenvalue weighted by Crippen LogP contribution is -2.26. The topological polar surface area (TPSA) is 88.5 Å². The van der Waals surface area contributed by atoms with Crippen LogP contribution in [-0.4, -0.2) is 24.5 Å². The number of aromatic nitrogens is 5. The Morgan fingerprint density at radius 1 is 1.09 bits per heavy atom. The van der Waals surface area contributed by atoms with E-state index in [4.69, 9.17) is 0 Å². The van der Waals surface area contributed by atoms with Crippen molar-refractivity contribution in [1.29, 1.82) is 0 Å². The average Bonchev–Trinajstić information content (AvgIpc) is 3.26. The monoisotopic (exact) mass is 432 g/mol. The molecule has 0 aliphatic heterocycles. The second-order valence-corrected chi connectivity index (χ2v) is 7.52. The predicted octanol–water partition coefficient (Wildman–Crippen LogP) is 4.42. The van der Waals surface area contributed by atoms with Crippen molar-refractivity contribution in [3.63, 3.8) is 0 Å². The molecule has 160 valence electrons. The lowest BCUT2D eigenvalue weighted by molar-refractivity contribution is 0.620. The number of fused-ring (bicyclic) bond motifs is 2. The van der Waals surface area contributed by atoms with Crippen molar-refractivity contribution < 1.29 is 8.78 Å². The van der Waals surface area contributed by atoms with E-state index in [1.54, 1.807) is 25.1 Å². The zero-order valence-electron chi connectivity index (χ0n) is 17.2. The molecule has 3 aromatic heterocycles. The van der Waals surface area contributed by atoms with Gasteiger partial charge in [-0.05, 0) is 55.1 Å². The molecule has 0 bridgehead atoms. The fraction of sp³-hybridized carbons (Fsp3) is 0.130. The van der Waals surface area contributed by atoms with Crippen LogP contribution < -0.4 is 10.9 Å². The third-order valence-corrected chi connectivity index (χ3v) is 5.50. The molecule has 0 fully saturated rings. The van der Waals surface area contributed by atoms with Gasteiger partial charge >= 0.3 is 0 Å². The summed E-state index contributed by atoms with van der Waals surface area (Å²) in [7, 11) is 0. The summed E-state index contributed by atoms with van der Waals surface area (Å²) >= 11 is 0. The number of anilines is 1. The Bertz CT molecular complexity index is 1540. The minimum Gasteiger partial charge on any atom is -0.360 e. The standard InChI is InChI=1S/C23H18F2N6O/c1-12-17(25)7-6-14-8-18(13(2)30-22-20-21(27-10-26-20)28-11-29-22)31(23(32)19(12)14)16-5-3-4-15(24)9-16/h3-11,13H,1-2H3,(H2,26,27,28,29,30)/t13-/m0/s1. The average molecular weight is 432 g/mol. The molecule has 2 aromatic carbocycles. The highest BCUT2D eigenvalue weighted by Crippen LogP contribution is 2.27. The number of hydrogen-bond donors (Lipinski definition) is 2. The number of imidazole rings is 1. The van der Waals surface area contributed by atoms with Crippen molar-refractivity contribution in [2.75, 3.05) is 5.32 Å². The molecule has 7 nitrogen and oxygen atoms in total. The van der Waals surface area contributed by atoms with Gasteiger partial charge in [-0.3, -0.25) is 9.36 Å². The molecule has 3 heterocycles. The predicted molar refractivity (Wildman–Crippen MR) is 118 cm³/mol. The number of aromatic amines is 1. The van der Waals surface area contributed by atoms with Crippen LogP contribution in [0.2, 0.25) is 0 Å². The van der Waals surface area contributed by atoms with Gasteiger partial charge in [0.05, 0.1) is 23.4 Å². The summed E-state index contributed by atoms with van der Waals surface area (Å²) in [5.74, 6) is -0.442. The van der Waals surface area contributed by atoms with Gasteiger partial charge in [-0.25, -0.2) is 23.7 Å². The first-order valence-electron chi connectivity index (χ1n) is 9.95. The van der Waals surface area contributed by atoms with E-state index in [0.717, 1.165) is 0 Å². The number of aryl methyl sites for hydroxylation is 1. The number of nitrogens with one attached hydrogen (secondary N) is 2. The van der Waals surface area contributed by atoms with Crippen LogP contribution in [0.15, 0.2) is 59.9 Å². The van der Waals surface area contributed by atoms with E-state index in [-0.39, 0.29) is 10.9 Å². The summed E-state index contributed by atoms with van der Waals surface area (Å²) in [6, 6.07) is 10.0. The van der Waals surface area contributed by atoms with Gasteiger partial charge in [0, 0.05) is 5.69 Å². The molecule has 9 heteroatoms. The van der Waals surface area contributed by atoms with Gasteiger partial charge in [-0.15, -0.1) is 0 Å². The lowest BCUT2D eigenvalue weighted by Gasteiger charge is -2.22. The van der Waals surface area contributed by atoms with Crippen molar-refractivity contribution in [2.45, 2.75) is 19.9 Å². The molecular formula is C23H18F2N6O. The van der Waals surface area contributed by atoms with Crippen LogP contribution in [-0.2, 0) is 0 Å². The van der Waals surface area contributed by atoms with E-state index in [1.807, 2.05) is 6.92 Å². The van der Waals surface area contributed by atoms with Gasteiger partial charge in [0.15, 0.2) is 11.5 Å². The first-order valence-corrected chi connectivity index (χ1v) is 9.95. The molecule has 1 atom stereocenters. The fourth-order valence-electron chi connectivity index (χ4n) is 3.92. The third kappa shape index (κ3) is 3.18. The molecule has 0 unspecified atom stereocenters. The zero-order chi connectivity index (χ0) is 22.4. The van der Waals surface area contributed by atoms with Gasteiger partial charge in [-0.1, -0.05) is 12.1 Å². The van der Waals surface area contributed by atoms with Crippen molar-refractivity contribution in [3.8, 4) is 5.69 Å². The maximum atomic E-state index is 14.2. The highest BCUT2D eigenvalue weighted by Gasteiger charge is 2.20. The van der Waals surface area contributed by atoms with Gasteiger partial charge < -0.3 is 10.3 Å². The smallest absolute Gasteiger partial charge is 0.263 e. The van der Waals surface area contributed by atoms with E-state index in [2.05, 4.69) is 25.3 Å². The summed E-state index contributed by atoms with van der Waals surface area (Å²) in [5, 5.41) is 4.13. The molecule has 0 radical (unpaired) electrons. The quantitative estimate of drug-likeness (QED) is 0.439. The summed E-state index contributed by atoms with van der Waals surface area (Å²) in [6.45, 7) is 3.42. The minimum absolute atomic E-state index is 0.250. The molecule has 5 aromatic rings. The highest BCUT2D eigenvalue weighted by atomic mass is 19.1. The second-order valence-electron chi connectivity index (χ2n) is 7.52.